The van der Waals surface area contributed by atoms with Crippen molar-refractivity contribution >= 4 is 40.5 Å². The number of nitrogens with one attached hydrogen (secondary N) is 2. The average Bonchev–Trinajstić information content (AvgIpc) is 3.96. The SMILES string of the molecule is C=CC(=O)N1CC[C@H](C(=O)N(C)C(C(=O)N[C@H]2Cc3cccc(c3)-c3ccc4c(c3)c(c(-c3cc5c(nc3[C@H](C)OC)CCN(C)C5)n4CC)CC(C)(C)COC(=O)[C@@H]3CCCN(N3)C2=O)C(C)C)C1. The first kappa shape index (κ1) is 50.5. The van der Waals surface area contributed by atoms with Crippen LogP contribution < -0.4 is 10.7 Å². The number of ether oxygens (including phenoxy) is 2. The Morgan fingerprint density at radius 2 is 1.83 bits per heavy atom. The molecule has 70 heavy (non-hydrogen) atoms. The quantitative estimate of drug-likeness (QED) is 0.138. The molecule has 0 saturated carbocycles. The van der Waals surface area contributed by atoms with Crippen LogP contribution in [-0.4, -0.2) is 131 Å². The van der Waals surface area contributed by atoms with E-state index in [-0.39, 0.29) is 43.4 Å². The number of nitrogens with zero attached hydrogens (tertiary/aromatic N) is 6. The molecule has 4 amide bonds. The molecule has 0 aliphatic carbocycles. The summed E-state index contributed by atoms with van der Waals surface area (Å²) in [7, 11) is 5.49. The van der Waals surface area contributed by atoms with Gasteiger partial charge in [-0.1, -0.05) is 64.6 Å². The number of aryl methyl sites for hydroxylation is 1. The van der Waals surface area contributed by atoms with Gasteiger partial charge in [-0.3, -0.25) is 34.0 Å². The van der Waals surface area contributed by atoms with Crippen LogP contribution in [0.1, 0.15) is 95.0 Å². The second-order valence-electron chi connectivity index (χ2n) is 21.0. The van der Waals surface area contributed by atoms with E-state index in [1.807, 2.05) is 26.0 Å². The number of carbonyl (C=O) groups excluding carboxylic acids is 5. The Morgan fingerprint density at radius 3 is 2.56 bits per heavy atom. The van der Waals surface area contributed by atoms with Gasteiger partial charge in [0.1, 0.15) is 18.1 Å². The van der Waals surface area contributed by atoms with Crippen molar-refractivity contribution in [2.75, 3.05) is 54.0 Å². The third kappa shape index (κ3) is 10.3. The van der Waals surface area contributed by atoms with Crippen molar-refractivity contribution in [1.82, 2.24) is 40.0 Å². The third-order valence-corrected chi connectivity index (χ3v) is 14.9. The van der Waals surface area contributed by atoms with Crippen LogP contribution >= 0.6 is 0 Å². The number of hydrogen-bond donors (Lipinski definition) is 2. The zero-order valence-corrected chi connectivity index (χ0v) is 42.6. The normalized spacial score (nSPS) is 21.7. The van der Waals surface area contributed by atoms with Crippen LogP contribution in [0.25, 0.3) is 33.3 Å². The molecule has 0 spiro atoms. The summed E-state index contributed by atoms with van der Waals surface area (Å²) in [5.74, 6) is -2.55. The highest BCUT2D eigenvalue weighted by Gasteiger charge is 2.40. The number of cyclic esters (lactones) is 1. The van der Waals surface area contributed by atoms with E-state index in [1.54, 1.807) is 19.1 Å². The van der Waals surface area contributed by atoms with Crippen LogP contribution in [0.4, 0.5) is 0 Å². The van der Waals surface area contributed by atoms with Gasteiger partial charge in [-0.2, -0.15) is 0 Å². The number of benzene rings is 2. The number of rotatable bonds is 10. The fourth-order valence-corrected chi connectivity index (χ4v) is 11.1. The summed E-state index contributed by atoms with van der Waals surface area (Å²) in [6, 6.07) is 14.3. The lowest BCUT2D eigenvalue weighted by Crippen LogP contribution is -2.62. The van der Waals surface area contributed by atoms with Gasteiger partial charge in [-0.25, -0.2) is 5.43 Å². The molecular formula is C55H72N8O7. The minimum atomic E-state index is -1.05. The molecule has 6 bridgehead atoms. The lowest BCUT2D eigenvalue weighted by Gasteiger charge is -2.37. The van der Waals surface area contributed by atoms with Gasteiger partial charge in [0.25, 0.3) is 5.91 Å². The molecule has 0 radical (unpaired) electrons. The van der Waals surface area contributed by atoms with Gasteiger partial charge in [0.15, 0.2) is 0 Å². The second kappa shape index (κ2) is 20.8. The number of hydrogen-bond acceptors (Lipinski definition) is 10. The topological polar surface area (TPSA) is 159 Å². The molecule has 4 aliphatic heterocycles. The maximum atomic E-state index is 14.8. The predicted molar refractivity (Wildman–Crippen MR) is 270 cm³/mol. The van der Waals surface area contributed by atoms with Crippen LogP contribution in [0.3, 0.4) is 0 Å². The Balaban J connectivity index is 1.21. The summed E-state index contributed by atoms with van der Waals surface area (Å²) in [6.07, 6.45) is 4.09. The molecule has 2 fully saturated rings. The van der Waals surface area contributed by atoms with Gasteiger partial charge in [0, 0.05) is 93.8 Å². The summed E-state index contributed by atoms with van der Waals surface area (Å²) in [4.78, 5) is 80.5. The highest BCUT2D eigenvalue weighted by atomic mass is 16.5. The molecule has 6 heterocycles. The monoisotopic (exact) mass is 957 g/mol. The number of hydrazine groups is 1. The van der Waals surface area contributed by atoms with E-state index in [4.69, 9.17) is 14.5 Å². The highest BCUT2D eigenvalue weighted by molar-refractivity contribution is 5.96. The number of likely N-dealkylation sites (tertiary alicyclic amines) is 1. The van der Waals surface area contributed by atoms with Crippen molar-refractivity contribution in [3.63, 3.8) is 0 Å². The molecule has 8 rings (SSSR count). The minimum absolute atomic E-state index is 0.136. The molecule has 374 valence electrons. The number of aromatic nitrogens is 2. The number of fused-ring (bicyclic) bond motifs is 7. The van der Waals surface area contributed by atoms with Crippen LogP contribution in [0, 0.1) is 17.3 Å². The lowest BCUT2D eigenvalue weighted by molar-refractivity contribution is -0.155. The van der Waals surface area contributed by atoms with Crippen LogP contribution in [0.5, 0.6) is 0 Å². The van der Waals surface area contributed by atoms with Gasteiger partial charge >= 0.3 is 5.97 Å². The smallest absolute Gasteiger partial charge is 0.324 e. The Kier molecular flexibility index (Phi) is 15.0. The van der Waals surface area contributed by atoms with Gasteiger partial charge in [0.2, 0.25) is 17.7 Å². The minimum Gasteiger partial charge on any atom is -0.464 e. The fraction of sp³-hybridized carbons (Fsp3) is 0.527. The van der Waals surface area contributed by atoms with E-state index in [9.17, 15) is 24.0 Å². The molecule has 4 aliphatic rings. The molecule has 15 heteroatoms. The van der Waals surface area contributed by atoms with Gasteiger partial charge in [0.05, 0.1) is 30.0 Å². The van der Waals surface area contributed by atoms with Crippen molar-refractivity contribution in [1.29, 1.82) is 0 Å². The first-order valence-electron chi connectivity index (χ1n) is 25.1. The Bertz CT molecular complexity index is 2670. The standard InChI is InChI=1S/C55H72N8O7/c1-11-47(64)61-24-20-38(31-61)52(66)60(9)49(33(3)4)51(65)57-45-26-35-15-13-16-36(25-35)37-18-19-46-40(27-37)42(29-55(6,7)32-70-54(68)44-17-14-22-63(58-44)53(45)67)50(62(46)12-2)41-28-39-30-59(8)23-21-43(39)56-48(41)34(5)69-10/h11,13,15-16,18-19,25,27-28,33-34,38,44-45,49,58H,1,12,14,17,20-24,26,29-32H2,2-10H3,(H,57,65)/t34-,38-,44-,45-,49?/m0/s1. The van der Waals surface area contributed by atoms with Crippen molar-refractivity contribution < 1.29 is 33.4 Å². The Hall–Kier alpha value is -5.90. The molecule has 15 nitrogen and oxygen atoms in total. The molecular weight excluding hydrogens is 885 g/mol. The molecule has 2 aromatic carbocycles. The van der Waals surface area contributed by atoms with E-state index < -0.39 is 47.2 Å². The molecule has 2 saturated heterocycles. The Labute approximate surface area is 412 Å². The van der Waals surface area contributed by atoms with Crippen LogP contribution in [0.2, 0.25) is 0 Å². The van der Waals surface area contributed by atoms with Gasteiger partial charge in [-0.05, 0) is 105 Å². The van der Waals surface area contributed by atoms with Crippen LogP contribution in [-0.2, 0) is 65.8 Å². The first-order valence-corrected chi connectivity index (χ1v) is 25.1. The van der Waals surface area contributed by atoms with E-state index in [2.05, 4.69) is 97.9 Å². The number of likely N-dealkylation sites (N-methyl/N-ethyl adjacent to an activating group) is 2. The fourth-order valence-electron chi connectivity index (χ4n) is 11.1. The lowest BCUT2D eigenvalue weighted by atomic mass is 9.83. The van der Waals surface area contributed by atoms with E-state index in [0.29, 0.717) is 45.3 Å². The summed E-state index contributed by atoms with van der Waals surface area (Å²) in [5.41, 5.74) is 13.0. The maximum absolute atomic E-state index is 14.8. The summed E-state index contributed by atoms with van der Waals surface area (Å²) < 4.78 is 14.6. The van der Waals surface area contributed by atoms with Crippen molar-refractivity contribution in [3.8, 4) is 22.4 Å². The zero-order chi connectivity index (χ0) is 50.2. The largest absolute Gasteiger partial charge is 0.464 e. The zero-order valence-electron chi connectivity index (χ0n) is 42.6. The second-order valence-corrected chi connectivity index (χ2v) is 21.0. The van der Waals surface area contributed by atoms with E-state index >= 15 is 0 Å². The predicted octanol–water partition coefficient (Wildman–Crippen LogP) is 6.25. The summed E-state index contributed by atoms with van der Waals surface area (Å²) in [6.45, 7) is 19.4. The average molecular weight is 957 g/mol. The van der Waals surface area contributed by atoms with E-state index in [1.165, 1.54) is 21.5 Å². The Morgan fingerprint density at radius 1 is 1.06 bits per heavy atom. The number of esters is 1. The maximum Gasteiger partial charge on any atom is 0.324 e. The number of methoxy groups -OCH3 is 1. The third-order valence-electron chi connectivity index (χ3n) is 14.9. The van der Waals surface area contributed by atoms with Crippen molar-refractivity contribution in [2.24, 2.45) is 17.3 Å². The highest BCUT2D eigenvalue weighted by Crippen LogP contribution is 2.43. The molecule has 2 N–H and O–H groups in total. The number of pyridine rings is 1. The molecule has 5 atom stereocenters. The van der Waals surface area contributed by atoms with Crippen molar-refractivity contribution in [2.45, 2.75) is 117 Å². The van der Waals surface area contributed by atoms with Crippen molar-refractivity contribution in [3.05, 3.63) is 89.3 Å². The first-order chi connectivity index (χ1) is 33.4. The van der Waals surface area contributed by atoms with Gasteiger partial charge < -0.3 is 34.1 Å². The summed E-state index contributed by atoms with van der Waals surface area (Å²) >= 11 is 0. The van der Waals surface area contributed by atoms with Gasteiger partial charge in [-0.15, -0.1) is 0 Å². The van der Waals surface area contributed by atoms with Crippen LogP contribution in [0.15, 0.2) is 61.2 Å². The number of carbonyl (C=O) groups is 5. The molecule has 4 aromatic rings. The number of amides is 4. The summed E-state index contributed by atoms with van der Waals surface area (Å²) in [5, 5.41) is 5.62. The molecule has 1 unspecified atom stereocenters. The molecule has 2 aromatic heterocycles. The van der Waals surface area contributed by atoms with E-state index in [0.717, 1.165) is 75.3 Å².